The summed E-state index contributed by atoms with van der Waals surface area (Å²) in [7, 11) is 3.24. The predicted octanol–water partition coefficient (Wildman–Crippen LogP) is 6.57. The summed E-state index contributed by atoms with van der Waals surface area (Å²) in [6, 6.07) is 13.2. The second kappa shape index (κ2) is 9.99. The van der Waals surface area contributed by atoms with Gasteiger partial charge in [0.1, 0.15) is 39.5 Å². The summed E-state index contributed by atoms with van der Waals surface area (Å²) < 4.78 is 16.6. The summed E-state index contributed by atoms with van der Waals surface area (Å²) in [4.78, 5) is 16.1. The average Bonchev–Trinajstić information content (AvgIpc) is 3.25. The van der Waals surface area contributed by atoms with E-state index in [0.717, 1.165) is 40.1 Å². The molecule has 0 saturated carbocycles. The van der Waals surface area contributed by atoms with Crippen LogP contribution in [0.3, 0.4) is 0 Å². The van der Waals surface area contributed by atoms with Gasteiger partial charge in [0.2, 0.25) is 0 Å². The Morgan fingerprint density at radius 1 is 1.00 bits per heavy atom. The number of thiophene rings is 1. The molecule has 0 atom stereocenters. The lowest BCUT2D eigenvalue weighted by atomic mass is 9.97. The van der Waals surface area contributed by atoms with Crippen LogP contribution in [-0.2, 0) is 19.4 Å². The second-order valence-corrected chi connectivity index (χ2v) is 9.42. The lowest BCUT2D eigenvalue weighted by Crippen LogP contribution is -2.03. The van der Waals surface area contributed by atoms with Gasteiger partial charge >= 0.3 is 0 Å². The Hall–Kier alpha value is -3.16. The van der Waals surface area contributed by atoms with Gasteiger partial charge in [0, 0.05) is 17.2 Å². The van der Waals surface area contributed by atoms with Crippen LogP contribution < -0.4 is 14.2 Å². The fourth-order valence-corrected chi connectivity index (χ4v) is 5.70. The summed E-state index contributed by atoms with van der Waals surface area (Å²) in [6.45, 7) is 0.257. The van der Waals surface area contributed by atoms with Gasteiger partial charge in [0.05, 0.1) is 19.6 Å². The number of halogens is 1. The predicted molar refractivity (Wildman–Crippen MR) is 137 cm³/mol. The van der Waals surface area contributed by atoms with E-state index in [4.69, 9.17) is 30.8 Å². The van der Waals surface area contributed by atoms with Crippen molar-refractivity contribution in [1.29, 1.82) is 0 Å². The first kappa shape index (κ1) is 22.6. The number of aliphatic imine (C=N–C) groups is 1. The van der Waals surface area contributed by atoms with E-state index < -0.39 is 0 Å². The van der Waals surface area contributed by atoms with Crippen molar-refractivity contribution in [1.82, 2.24) is 9.97 Å². The van der Waals surface area contributed by atoms with Crippen molar-refractivity contribution in [2.75, 3.05) is 14.2 Å². The van der Waals surface area contributed by atoms with Gasteiger partial charge in [-0.25, -0.2) is 9.97 Å². The van der Waals surface area contributed by atoms with Crippen molar-refractivity contribution in [2.45, 2.75) is 32.3 Å². The molecule has 0 aliphatic heterocycles. The highest BCUT2D eigenvalue weighted by Crippen LogP contribution is 2.38. The second-order valence-electron chi connectivity index (χ2n) is 7.98. The van der Waals surface area contributed by atoms with Gasteiger partial charge in [-0.15, -0.1) is 11.3 Å². The molecule has 0 saturated heterocycles. The van der Waals surface area contributed by atoms with Crippen molar-refractivity contribution < 1.29 is 14.2 Å². The molecule has 0 amide bonds. The van der Waals surface area contributed by atoms with Crippen LogP contribution in [0, 0.1) is 0 Å². The number of benzene rings is 2. The van der Waals surface area contributed by atoms with E-state index in [1.165, 1.54) is 23.3 Å². The van der Waals surface area contributed by atoms with Gasteiger partial charge in [-0.2, -0.15) is 0 Å². The van der Waals surface area contributed by atoms with Gasteiger partial charge in [-0.05, 0) is 73.2 Å². The van der Waals surface area contributed by atoms with Gasteiger partial charge in [-0.1, -0.05) is 11.6 Å². The van der Waals surface area contributed by atoms with Crippen LogP contribution in [0.1, 0.15) is 34.7 Å². The van der Waals surface area contributed by atoms with Gasteiger partial charge in [0.15, 0.2) is 5.82 Å². The van der Waals surface area contributed by atoms with Crippen LogP contribution >= 0.6 is 22.9 Å². The third kappa shape index (κ3) is 4.72. The van der Waals surface area contributed by atoms with E-state index >= 15 is 0 Å². The first-order valence-corrected chi connectivity index (χ1v) is 12.3. The first-order chi connectivity index (χ1) is 16.6. The Bertz CT molecular complexity index is 1350. The SMILES string of the molecule is COc1ccc(OC)c(N=Cc2ccc(OCc3nc(Cl)c4c5c(sc4n3)CCCC5)cc2)c1. The Balaban J connectivity index is 1.27. The molecule has 2 aromatic heterocycles. The molecule has 0 N–H and O–H groups in total. The summed E-state index contributed by atoms with van der Waals surface area (Å²) in [5.41, 5.74) is 2.97. The highest BCUT2D eigenvalue weighted by atomic mass is 35.5. The highest BCUT2D eigenvalue weighted by Gasteiger charge is 2.20. The Kier molecular flexibility index (Phi) is 6.65. The van der Waals surface area contributed by atoms with E-state index in [0.29, 0.717) is 22.4 Å². The van der Waals surface area contributed by atoms with Crippen molar-refractivity contribution in [3.05, 3.63) is 69.4 Å². The zero-order valence-electron chi connectivity index (χ0n) is 19.0. The van der Waals surface area contributed by atoms with E-state index in [2.05, 4.69) is 9.98 Å². The molecule has 0 bridgehead atoms. The average molecular weight is 494 g/mol. The van der Waals surface area contributed by atoms with E-state index in [9.17, 15) is 0 Å². The number of rotatable bonds is 7. The van der Waals surface area contributed by atoms with E-state index in [-0.39, 0.29) is 6.61 Å². The zero-order chi connectivity index (χ0) is 23.5. The Morgan fingerprint density at radius 3 is 2.59 bits per heavy atom. The van der Waals surface area contributed by atoms with Crippen molar-refractivity contribution in [2.24, 2.45) is 4.99 Å². The maximum Gasteiger partial charge on any atom is 0.169 e. The summed E-state index contributed by atoms with van der Waals surface area (Å²) in [5.74, 6) is 2.72. The highest BCUT2D eigenvalue weighted by molar-refractivity contribution is 7.19. The molecule has 34 heavy (non-hydrogen) atoms. The molecule has 4 aromatic rings. The third-order valence-corrected chi connectivity index (χ3v) is 7.26. The number of aryl methyl sites for hydroxylation is 2. The molecular weight excluding hydrogens is 470 g/mol. The standard InChI is InChI=1S/C26H24ClN3O3S/c1-31-18-11-12-21(32-2)20(13-18)28-14-16-7-9-17(10-8-16)33-15-23-29-25(27)24-19-5-3-4-6-22(19)34-26(24)30-23/h7-14H,3-6,15H2,1-2H3. The molecule has 6 nitrogen and oxygen atoms in total. The van der Waals surface area contributed by atoms with Crippen LogP contribution in [0.4, 0.5) is 5.69 Å². The van der Waals surface area contributed by atoms with Crippen LogP contribution in [-0.4, -0.2) is 30.4 Å². The smallest absolute Gasteiger partial charge is 0.169 e. The van der Waals surface area contributed by atoms with Crippen LogP contribution in [0.25, 0.3) is 10.2 Å². The minimum absolute atomic E-state index is 0.257. The molecule has 174 valence electrons. The molecule has 0 radical (unpaired) electrons. The van der Waals surface area contributed by atoms with Crippen LogP contribution in [0.5, 0.6) is 17.2 Å². The largest absolute Gasteiger partial charge is 0.497 e. The first-order valence-electron chi connectivity index (χ1n) is 11.1. The van der Waals surface area contributed by atoms with Crippen molar-refractivity contribution in [3.63, 3.8) is 0 Å². The molecule has 1 aliphatic rings. The summed E-state index contributed by atoms with van der Waals surface area (Å²) in [6.07, 6.45) is 6.38. The molecule has 2 heterocycles. The van der Waals surface area contributed by atoms with Crippen molar-refractivity contribution in [3.8, 4) is 17.2 Å². The maximum absolute atomic E-state index is 6.54. The van der Waals surface area contributed by atoms with Gasteiger partial charge in [0.25, 0.3) is 0 Å². The van der Waals surface area contributed by atoms with Crippen LogP contribution in [0.15, 0.2) is 47.5 Å². The van der Waals surface area contributed by atoms with Crippen LogP contribution in [0.2, 0.25) is 5.15 Å². The van der Waals surface area contributed by atoms with E-state index in [1.54, 1.807) is 31.8 Å². The van der Waals surface area contributed by atoms with Crippen molar-refractivity contribution >= 4 is 45.1 Å². The minimum atomic E-state index is 0.257. The quantitative estimate of drug-likeness (QED) is 0.215. The van der Waals surface area contributed by atoms with E-state index in [1.807, 2.05) is 42.5 Å². The molecule has 8 heteroatoms. The monoisotopic (exact) mass is 493 g/mol. The fourth-order valence-electron chi connectivity index (χ4n) is 4.06. The fraction of sp³-hybridized carbons (Fsp3) is 0.269. The molecular formula is C26H24ClN3O3S. The third-order valence-electron chi connectivity index (χ3n) is 5.80. The number of fused-ring (bicyclic) bond motifs is 3. The Morgan fingerprint density at radius 2 is 1.79 bits per heavy atom. The number of methoxy groups -OCH3 is 2. The number of hydrogen-bond donors (Lipinski definition) is 0. The molecule has 1 aliphatic carbocycles. The molecule has 5 rings (SSSR count). The minimum Gasteiger partial charge on any atom is -0.497 e. The molecule has 0 spiro atoms. The summed E-state index contributed by atoms with van der Waals surface area (Å²) >= 11 is 8.28. The zero-order valence-corrected chi connectivity index (χ0v) is 20.6. The number of nitrogens with zero attached hydrogens (tertiary/aromatic N) is 3. The number of ether oxygens (including phenoxy) is 3. The summed E-state index contributed by atoms with van der Waals surface area (Å²) in [5, 5.41) is 1.56. The number of aromatic nitrogens is 2. The lowest BCUT2D eigenvalue weighted by molar-refractivity contribution is 0.296. The molecule has 0 fully saturated rings. The topological polar surface area (TPSA) is 65.8 Å². The number of hydrogen-bond acceptors (Lipinski definition) is 7. The normalized spacial score (nSPS) is 13.3. The molecule has 2 aromatic carbocycles. The van der Waals surface area contributed by atoms with Gasteiger partial charge < -0.3 is 14.2 Å². The Labute approximate surface area is 207 Å². The maximum atomic E-state index is 6.54. The van der Waals surface area contributed by atoms with Gasteiger partial charge in [-0.3, -0.25) is 4.99 Å². The molecule has 0 unspecified atom stereocenters. The lowest BCUT2D eigenvalue weighted by Gasteiger charge is -2.10.